The van der Waals surface area contributed by atoms with Crippen molar-refractivity contribution in [2.24, 2.45) is 0 Å². The highest BCUT2D eigenvalue weighted by molar-refractivity contribution is 7.21. The van der Waals surface area contributed by atoms with E-state index in [1.165, 1.54) is 11.3 Å². The molecule has 1 atom stereocenters. The Morgan fingerprint density at radius 3 is 2.47 bits per heavy atom. The van der Waals surface area contributed by atoms with Crippen LogP contribution in [0.5, 0.6) is 23.0 Å². The second kappa shape index (κ2) is 11.1. The summed E-state index contributed by atoms with van der Waals surface area (Å²) in [6.07, 6.45) is 1.56. The zero-order valence-corrected chi connectivity index (χ0v) is 22.7. The van der Waals surface area contributed by atoms with Crippen molar-refractivity contribution in [1.29, 1.82) is 0 Å². The Hall–Kier alpha value is -3.42. The fourth-order valence-corrected chi connectivity index (χ4v) is 6.35. The minimum Gasteiger partial charge on any atom is -0.508 e. The van der Waals surface area contributed by atoms with Crippen molar-refractivity contribution in [2.45, 2.75) is 39.7 Å². The van der Waals surface area contributed by atoms with Crippen LogP contribution in [0.3, 0.4) is 0 Å². The van der Waals surface area contributed by atoms with Crippen molar-refractivity contribution in [3.63, 3.8) is 0 Å². The van der Waals surface area contributed by atoms with Gasteiger partial charge in [0.1, 0.15) is 28.2 Å². The van der Waals surface area contributed by atoms with Gasteiger partial charge >= 0.3 is 0 Å². The van der Waals surface area contributed by atoms with Gasteiger partial charge < -0.3 is 14.6 Å². The Kier molecular flexibility index (Phi) is 7.68. The molecule has 7 heteroatoms. The van der Waals surface area contributed by atoms with Crippen LogP contribution in [0, 0.1) is 20.8 Å². The smallest absolute Gasteiger partial charge is 0.207 e. The van der Waals surface area contributed by atoms with Gasteiger partial charge in [0.05, 0.1) is 6.67 Å². The van der Waals surface area contributed by atoms with E-state index in [4.69, 9.17) is 9.47 Å². The maximum absolute atomic E-state index is 13.8. The van der Waals surface area contributed by atoms with E-state index in [1.54, 1.807) is 18.2 Å². The van der Waals surface area contributed by atoms with E-state index in [9.17, 15) is 14.3 Å². The molecule has 0 aliphatic carbocycles. The Morgan fingerprint density at radius 1 is 1.05 bits per heavy atom. The standard InChI is InChI=1S/C31H32FNO4S/c1-19-15-20(2)28(21(3)16-19)29(35)31-30(26-10-5-22(34)17-27(26)38-31)37-24-8-6-23(7-9-24)36-25-11-14-33(18-25)13-4-12-32/h5-10,15-17,25,34H,4,11-14,18H2,1-3H3/t25-/m0/s1. The largest absolute Gasteiger partial charge is 0.508 e. The Morgan fingerprint density at radius 2 is 1.76 bits per heavy atom. The van der Waals surface area contributed by atoms with Gasteiger partial charge in [0, 0.05) is 35.3 Å². The predicted molar refractivity (Wildman–Crippen MR) is 150 cm³/mol. The number of aryl methyl sites for hydroxylation is 3. The molecule has 5 nitrogen and oxygen atoms in total. The zero-order chi connectivity index (χ0) is 26.8. The minimum atomic E-state index is -0.290. The van der Waals surface area contributed by atoms with Gasteiger partial charge in [-0.05, 0) is 87.2 Å². The summed E-state index contributed by atoms with van der Waals surface area (Å²) in [5, 5.41) is 10.8. The van der Waals surface area contributed by atoms with E-state index in [0.29, 0.717) is 28.4 Å². The Bertz CT molecular complexity index is 1440. The number of benzene rings is 3. The number of fused-ring (bicyclic) bond motifs is 1. The highest BCUT2D eigenvalue weighted by atomic mass is 32.1. The maximum atomic E-state index is 13.8. The minimum absolute atomic E-state index is 0.0834. The van der Waals surface area contributed by atoms with Gasteiger partial charge in [-0.1, -0.05) is 17.7 Å². The van der Waals surface area contributed by atoms with E-state index < -0.39 is 0 Å². The van der Waals surface area contributed by atoms with Crippen LogP contribution in [0.25, 0.3) is 10.1 Å². The van der Waals surface area contributed by atoms with E-state index in [-0.39, 0.29) is 24.3 Å². The molecule has 4 aromatic rings. The van der Waals surface area contributed by atoms with E-state index >= 15 is 0 Å². The molecule has 0 radical (unpaired) electrons. The number of rotatable bonds is 9. The summed E-state index contributed by atoms with van der Waals surface area (Å²) in [5.41, 5.74) is 3.64. The number of hydrogen-bond donors (Lipinski definition) is 1. The second-order valence-corrected chi connectivity index (χ2v) is 11.0. The molecule has 1 fully saturated rings. The first-order chi connectivity index (χ1) is 18.3. The van der Waals surface area contributed by atoms with Crippen LogP contribution in [0.2, 0.25) is 0 Å². The number of carbonyl (C=O) groups excluding carboxylic acids is 1. The first kappa shape index (κ1) is 26.2. The number of likely N-dealkylation sites (tertiary alicyclic amines) is 1. The summed E-state index contributed by atoms with van der Waals surface area (Å²) in [6.45, 7) is 8.12. The molecule has 1 aromatic heterocycles. The topological polar surface area (TPSA) is 59.0 Å². The summed E-state index contributed by atoms with van der Waals surface area (Å²) in [7, 11) is 0. The molecule has 198 valence electrons. The SMILES string of the molecule is Cc1cc(C)c(C(=O)c2sc3cc(O)ccc3c2Oc2ccc(O[C@H]3CCN(CCCF)C3)cc2)c(C)c1. The molecule has 1 saturated heterocycles. The summed E-state index contributed by atoms with van der Waals surface area (Å²) in [5.74, 6) is 1.88. The normalized spacial score (nSPS) is 15.7. The van der Waals surface area contributed by atoms with Crippen LogP contribution in [0.1, 0.15) is 44.8 Å². The molecule has 1 aliphatic rings. The predicted octanol–water partition coefficient (Wildman–Crippen LogP) is 7.37. The van der Waals surface area contributed by atoms with Crippen LogP contribution in [-0.2, 0) is 0 Å². The molecule has 1 aliphatic heterocycles. The molecule has 1 N–H and O–H groups in total. The fourth-order valence-electron chi connectivity index (χ4n) is 5.24. The lowest BCUT2D eigenvalue weighted by atomic mass is 9.95. The lowest BCUT2D eigenvalue weighted by molar-refractivity contribution is 0.103. The summed E-state index contributed by atoms with van der Waals surface area (Å²) in [6, 6.07) is 16.5. The highest BCUT2D eigenvalue weighted by Crippen LogP contribution is 2.43. The number of phenols is 1. The third kappa shape index (κ3) is 5.54. The number of aromatic hydroxyl groups is 1. The van der Waals surface area contributed by atoms with Crippen molar-refractivity contribution in [2.75, 3.05) is 26.3 Å². The van der Waals surface area contributed by atoms with Crippen LogP contribution >= 0.6 is 11.3 Å². The molecule has 38 heavy (non-hydrogen) atoms. The molecule has 0 saturated carbocycles. The number of nitrogens with zero attached hydrogens (tertiary/aromatic N) is 1. The first-order valence-electron chi connectivity index (χ1n) is 12.9. The average molecular weight is 534 g/mol. The number of phenolic OH excluding ortho intramolecular Hbond substituents is 1. The fraction of sp³-hybridized carbons (Fsp3) is 0.323. The van der Waals surface area contributed by atoms with Crippen molar-refractivity contribution < 1.29 is 23.8 Å². The van der Waals surface area contributed by atoms with E-state index in [0.717, 1.165) is 58.6 Å². The summed E-state index contributed by atoms with van der Waals surface area (Å²) < 4.78 is 25.7. The van der Waals surface area contributed by atoms with Crippen LogP contribution in [-0.4, -0.2) is 48.2 Å². The van der Waals surface area contributed by atoms with Gasteiger partial charge in [-0.2, -0.15) is 0 Å². The third-order valence-corrected chi connectivity index (χ3v) is 8.05. The summed E-state index contributed by atoms with van der Waals surface area (Å²) >= 11 is 1.32. The van der Waals surface area contributed by atoms with Crippen molar-refractivity contribution in [1.82, 2.24) is 4.90 Å². The number of hydrogen-bond acceptors (Lipinski definition) is 6. The van der Waals surface area contributed by atoms with Crippen LogP contribution in [0.4, 0.5) is 4.39 Å². The molecule has 5 rings (SSSR count). The number of halogens is 1. The Labute approximate surface area is 226 Å². The summed E-state index contributed by atoms with van der Waals surface area (Å²) in [4.78, 5) is 16.6. The molecule has 0 bridgehead atoms. The van der Waals surface area contributed by atoms with Crippen molar-refractivity contribution >= 4 is 27.2 Å². The molecule has 0 amide bonds. The van der Waals surface area contributed by atoms with Gasteiger partial charge in [-0.15, -0.1) is 11.3 Å². The van der Waals surface area contributed by atoms with E-state index in [2.05, 4.69) is 4.90 Å². The van der Waals surface area contributed by atoms with Crippen molar-refractivity contribution in [3.05, 3.63) is 81.7 Å². The van der Waals surface area contributed by atoms with Gasteiger partial charge in [-0.25, -0.2) is 0 Å². The molecular weight excluding hydrogens is 501 g/mol. The van der Waals surface area contributed by atoms with Gasteiger partial charge in [0.15, 0.2) is 5.75 Å². The Balaban J connectivity index is 1.40. The molecule has 0 spiro atoms. The first-order valence-corrected chi connectivity index (χ1v) is 13.7. The number of ketones is 1. The molecule has 2 heterocycles. The number of alkyl halides is 1. The van der Waals surface area contributed by atoms with Crippen LogP contribution < -0.4 is 9.47 Å². The van der Waals surface area contributed by atoms with Crippen molar-refractivity contribution in [3.8, 4) is 23.0 Å². The number of carbonyl (C=O) groups is 1. The van der Waals surface area contributed by atoms with E-state index in [1.807, 2.05) is 57.2 Å². The zero-order valence-electron chi connectivity index (χ0n) is 21.9. The van der Waals surface area contributed by atoms with Gasteiger partial charge in [0.25, 0.3) is 0 Å². The third-order valence-electron chi connectivity index (χ3n) is 6.92. The molecular formula is C31H32FNO4S. The average Bonchev–Trinajstić information content (AvgIpc) is 3.47. The number of ether oxygens (including phenoxy) is 2. The monoisotopic (exact) mass is 533 g/mol. The molecule has 0 unspecified atom stereocenters. The number of thiophene rings is 1. The second-order valence-electron chi connectivity index (χ2n) is 9.99. The quantitative estimate of drug-likeness (QED) is 0.228. The lowest BCUT2D eigenvalue weighted by Gasteiger charge is -2.16. The molecule has 3 aromatic carbocycles. The highest BCUT2D eigenvalue weighted by Gasteiger charge is 2.26. The van der Waals surface area contributed by atoms with Gasteiger partial charge in [0.2, 0.25) is 5.78 Å². The lowest BCUT2D eigenvalue weighted by Crippen LogP contribution is -2.26. The van der Waals surface area contributed by atoms with Gasteiger partial charge in [-0.3, -0.25) is 14.1 Å². The van der Waals surface area contributed by atoms with Crippen LogP contribution in [0.15, 0.2) is 54.6 Å². The maximum Gasteiger partial charge on any atom is 0.207 e.